The van der Waals surface area contributed by atoms with E-state index >= 15 is 0 Å². The molecule has 0 radical (unpaired) electrons. The lowest BCUT2D eigenvalue weighted by Crippen LogP contribution is -2.52. The Balaban J connectivity index is 1.54. The molecule has 1 aliphatic heterocycles. The number of methoxy groups -OCH3 is 1. The van der Waals surface area contributed by atoms with E-state index in [0.717, 1.165) is 44.7 Å². The molecule has 0 N–H and O–H groups in total. The maximum Gasteiger partial charge on any atom is 0.0992 e. The van der Waals surface area contributed by atoms with E-state index in [-0.39, 0.29) is 12.2 Å². The van der Waals surface area contributed by atoms with Gasteiger partial charge in [-0.1, -0.05) is 6.07 Å². The van der Waals surface area contributed by atoms with Crippen LogP contribution in [0.25, 0.3) is 0 Å². The topological polar surface area (TPSA) is 43.8 Å². The molecular formula is C16H24N2O3. The molecule has 2 heterocycles. The van der Waals surface area contributed by atoms with Gasteiger partial charge in [-0.2, -0.15) is 0 Å². The van der Waals surface area contributed by atoms with Gasteiger partial charge in [0.15, 0.2) is 0 Å². The number of aromatic nitrogens is 1. The molecule has 1 saturated carbocycles. The van der Waals surface area contributed by atoms with Crippen LogP contribution in [0.15, 0.2) is 24.5 Å². The first-order valence-corrected chi connectivity index (χ1v) is 7.73. The van der Waals surface area contributed by atoms with Gasteiger partial charge in [-0.15, -0.1) is 0 Å². The first-order chi connectivity index (χ1) is 10.4. The van der Waals surface area contributed by atoms with E-state index in [2.05, 4.69) is 9.88 Å². The lowest BCUT2D eigenvalue weighted by Gasteiger charge is -2.38. The smallest absolute Gasteiger partial charge is 0.0992 e. The first-order valence-electron chi connectivity index (χ1n) is 7.73. The van der Waals surface area contributed by atoms with Crippen LogP contribution in [0, 0.1) is 0 Å². The van der Waals surface area contributed by atoms with Gasteiger partial charge in [0.25, 0.3) is 0 Å². The highest BCUT2D eigenvalue weighted by molar-refractivity contribution is 5.07. The molecule has 2 fully saturated rings. The van der Waals surface area contributed by atoms with Gasteiger partial charge in [0.05, 0.1) is 32.0 Å². The predicted molar refractivity (Wildman–Crippen MR) is 79.0 cm³/mol. The normalized spacial score (nSPS) is 29.5. The Hall–Kier alpha value is -1.01. The summed E-state index contributed by atoms with van der Waals surface area (Å²) in [6.07, 6.45) is 6.25. The summed E-state index contributed by atoms with van der Waals surface area (Å²) in [5.41, 5.74) is 1.12. The van der Waals surface area contributed by atoms with Crippen molar-refractivity contribution in [3.8, 4) is 0 Å². The second-order valence-electron chi connectivity index (χ2n) is 5.72. The molecule has 21 heavy (non-hydrogen) atoms. The van der Waals surface area contributed by atoms with Crippen LogP contribution in [0.3, 0.4) is 0 Å². The highest BCUT2D eigenvalue weighted by atomic mass is 16.5. The summed E-state index contributed by atoms with van der Waals surface area (Å²) >= 11 is 0. The number of nitrogens with zero attached hydrogens (tertiary/aromatic N) is 2. The molecule has 0 bridgehead atoms. The summed E-state index contributed by atoms with van der Waals surface area (Å²) in [4.78, 5) is 6.61. The number of pyridine rings is 1. The minimum atomic E-state index is 0.195. The van der Waals surface area contributed by atoms with Crippen molar-refractivity contribution in [3.63, 3.8) is 0 Å². The van der Waals surface area contributed by atoms with Crippen LogP contribution in [0.5, 0.6) is 0 Å². The fraction of sp³-hybridized carbons (Fsp3) is 0.688. The van der Waals surface area contributed by atoms with Crippen LogP contribution in [0.2, 0.25) is 0 Å². The summed E-state index contributed by atoms with van der Waals surface area (Å²) < 4.78 is 17.3. The van der Waals surface area contributed by atoms with Crippen LogP contribution in [0.4, 0.5) is 0 Å². The van der Waals surface area contributed by atoms with Gasteiger partial charge in [0.1, 0.15) is 0 Å². The van der Waals surface area contributed by atoms with Crippen molar-refractivity contribution in [3.05, 3.63) is 30.1 Å². The van der Waals surface area contributed by atoms with Gasteiger partial charge in [-0.3, -0.25) is 9.88 Å². The second-order valence-corrected chi connectivity index (χ2v) is 5.72. The van der Waals surface area contributed by atoms with Gasteiger partial charge >= 0.3 is 0 Å². The molecule has 0 aromatic carbocycles. The molecule has 0 amide bonds. The molecule has 2 aliphatic rings. The lowest BCUT2D eigenvalue weighted by molar-refractivity contribution is -0.118. The summed E-state index contributed by atoms with van der Waals surface area (Å²) in [7, 11) is 1.76. The molecule has 0 unspecified atom stereocenters. The first kappa shape index (κ1) is 14.9. The maximum absolute atomic E-state index is 6.09. The lowest BCUT2D eigenvalue weighted by atomic mass is 10.1. The molecule has 5 nitrogen and oxygen atoms in total. The fourth-order valence-corrected chi connectivity index (χ4v) is 3.34. The highest BCUT2D eigenvalue weighted by Gasteiger charge is 2.43. The van der Waals surface area contributed by atoms with Crippen molar-refractivity contribution in [2.75, 3.05) is 33.4 Å². The molecule has 1 aromatic rings. The Morgan fingerprint density at radius 2 is 2.38 bits per heavy atom. The molecular weight excluding hydrogens is 268 g/mol. The van der Waals surface area contributed by atoms with Crippen molar-refractivity contribution in [2.45, 2.75) is 37.7 Å². The minimum Gasteiger partial charge on any atom is -0.383 e. The summed E-state index contributed by atoms with van der Waals surface area (Å²) in [5.74, 6) is 0. The van der Waals surface area contributed by atoms with Crippen molar-refractivity contribution < 1.29 is 14.2 Å². The number of morpholine rings is 1. The number of fused-ring (bicyclic) bond motifs is 1. The van der Waals surface area contributed by atoms with Crippen molar-refractivity contribution in [1.29, 1.82) is 0 Å². The third kappa shape index (κ3) is 3.61. The van der Waals surface area contributed by atoms with Crippen molar-refractivity contribution >= 4 is 0 Å². The molecule has 1 aromatic heterocycles. The second kappa shape index (κ2) is 7.31. The number of hydrogen-bond acceptors (Lipinski definition) is 5. The molecule has 116 valence electrons. The van der Waals surface area contributed by atoms with Gasteiger partial charge in [-0.05, 0) is 24.5 Å². The predicted octanol–water partition coefficient (Wildman–Crippen LogP) is 1.48. The average Bonchev–Trinajstić information content (AvgIpc) is 2.96. The molecule has 5 heteroatoms. The van der Waals surface area contributed by atoms with E-state index in [1.807, 2.05) is 18.3 Å². The van der Waals surface area contributed by atoms with Gasteiger partial charge in [0.2, 0.25) is 0 Å². The minimum absolute atomic E-state index is 0.195. The Morgan fingerprint density at radius 1 is 1.43 bits per heavy atom. The van der Waals surface area contributed by atoms with Crippen molar-refractivity contribution in [1.82, 2.24) is 9.88 Å². The zero-order chi connectivity index (χ0) is 14.5. The Bertz CT molecular complexity index is 429. The van der Waals surface area contributed by atoms with E-state index < -0.39 is 0 Å². The van der Waals surface area contributed by atoms with E-state index in [9.17, 15) is 0 Å². The van der Waals surface area contributed by atoms with E-state index in [4.69, 9.17) is 14.2 Å². The van der Waals surface area contributed by atoms with Crippen LogP contribution < -0.4 is 0 Å². The molecule has 1 saturated heterocycles. The maximum atomic E-state index is 6.09. The van der Waals surface area contributed by atoms with Gasteiger partial charge in [-0.25, -0.2) is 0 Å². The largest absolute Gasteiger partial charge is 0.383 e. The highest BCUT2D eigenvalue weighted by Crippen LogP contribution is 2.32. The Labute approximate surface area is 126 Å². The molecule has 1 aliphatic carbocycles. The zero-order valence-electron chi connectivity index (χ0n) is 12.6. The van der Waals surface area contributed by atoms with Crippen LogP contribution in [-0.4, -0.2) is 61.5 Å². The van der Waals surface area contributed by atoms with E-state index in [1.54, 1.807) is 13.3 Å². The van der Waals surface area contributed by atoms with Crippen LogP contribution in [0.1, 0.15) is 18.4 Å². The Morgan fingerprint density at radius 3 is 3.19 bits per heavy atom. The summed E-state index contributed by atoms with van der Waals surface area (Å²) in [6.45, 7) is 4.17. The third-order valence-corrected chi connectivity index (χ3v) is 4.42. The van der Waals surface area contributed by atoms with Crippen molar-refractivity contribution in [2.24, 2.45) is 0 Å². The van der Waals surface area contributed by atoms with Gasteiger partial charge in [0, 0.05) is 38.6 Å². The Kier molecular flexibility index (Phi) is 5.19. The quantitative estimate of drug-likeness (QED) is 0.794. The van der Waals surface area contributed by atoms with E-state index in [1.165, 1.54) is 0 Å². The zero-order valence-corrected chi connectivity index (χ0v) is 12.6. The molecule has 3 atom stereocenters. The SMILES string of the molecule is COCCN1CCO[C@@H]2[C@H]1CC[C@H]2OCc1cccnc1. The number of hydrogen-bond donors (Lipinski definition) is 0. The molecule has 3 rings (SSSR count). The monoisotopic (exact) mass is 292 g/mol. The van der Waals surface area contributed by atoms with Crippen LogP contribution in [-0.2, 0) is 20.8 Å². The number of ether oxygens (including phenoxy) is 3. The standard InChI is InChI=1S/C16H24N2O3/c1-19-9-7-18-8-10-20-16-14(18)4-5-15(16)21-12-13-3-2-6-17-11-13/h2-3,6,11,14-16H,4-5,7-10,12H2,1H3/t14-,15-,16-/m1/s1. The number of rotatable bonds is 6. The summed E-state index contributed by atoms with van der Waals surface area (Å²) in [5, 5.41) is 0. The molecule has 0 spiro atoms. The van der Waals surface area contributed by atoms with E-state index in [0.29, 0.717) is 12.6 Å². The van der Waals surface area contributed by atoms with Gasteiger partial charge < -0.3 is 14.2 Å². The average molecular weight is 292 g/mol. The third-order valence-electron chi connectivity index (χ3n) is 4.42. The van der Waals surface area contributed by atoms with Crippen LogP contribution >= 0.6 is 0 Å². The summed E-state index contributed by atoms with van der Waals surface area (Å²) in [6, 6.07) is 4.47. The fourth-order valence-electron chi connectivity index (χ4n) is 3.34.